The Morgan fingerprint density at radius 3 is 2.40 bits per heavy atom. The Kier molecular flexibility index (Phi) is 4.65. The van der Waals surface area contributed by atoms with E-state index in [1.54, 1.807) is 0 Å². The summed E-state index contributed by atoms with van der Waals surface area (Å²) >= 11 is 0. The van der Waals surface area contributed by atoms with E-state index in [9.17, 15) is 4.79 Å². The Balaban J connectivity index is 1.95. The fraction of sp³-hybridized carbons (Fsp3) is 0.562. The Labute approximate surface area is 120 Å². The number of carbonyl (C=O) groups is 1. The number of amides is 1. The molecule has 110 valence electrons. The Hall–Kier alpha value is -1.55. The predicted molar refractivity (Wildman–Crippen MR) is 80.5 cm³/mol. The number of nitrogens with two attached hydrogens (primary N) is 1. The quantitative estimate of drug-likeness (QED) is 0.862. The van der Waals surface area contributed by atoms with Gasteiger partial charge in [-0.1, -0.05) is 19.1 Å². The first-order valence-corrected chi connectivity index (χ1v) is 7.24. The molecule has 0 spiro atoms. The van der Waals surface area contributed by atoms with E-state index < -0.39 is 0 Å². The normalized spacial score (nSPS) is 24.4. The molecule has 1 aliphatic rings. The highest BCUT2D eigenvalue weighted by Gasteiger charge is 2.26. The van der Waals surface area contributed by atoms with Crippen molar-refractivity contribution in [2.45, 2.75) is 45.3 Å². The molecule has 2 N–H and O–H groups in total. The van der Waals surface area contributed by atoms with E-state index in [1.165, 1.54) is 0 Å². The number of hydrogen-bond acceptors (Lipinski definition) is 3. The van der Waals surface area contributed by atoms with E-state index >= 15 is 0 Å². The lowest BCUT2D eigenvalue weighted by molar-refractivity contribution is -0.143. The van der Waals surface area contributed by atoms with E-state index in [0.29, 0.717) is 19.5 Å². The molecule has 4 heteroatoms. The van der Waals surface area contributed by atoms with Crippen LogP contribution in [-0.2, 0) is 9.53 Å². The molecular weight excluding hydrogens is 252 g/mol. The van der Waals surface area contributed by atoms with Crippen LogP contribution in [-0.4, -0.2) is 36.1 Å². The van der Waals surface area contributed by atoms with Gasteiger partial charge in [-0.15, -0.1) is 0 Å². The molecule has 4 nitrogen and oxygen atoms in total. The summed E-state index contributed by atoms with van der Waals surface area (Å²) in [7, 11) is 0. The number of hydrogen-bond donors (Lipinski definition) is 1. The standard InChI is InChI=1S/C16H24N2O2/c1-11(14-4-6-15(17)7-5-14)8-16(19)18-9-12(2)20-13(3)10-18/h4-7,11-13H,8-10,17H2,1-3H3/t11?,12-,13+. The number of rotatable bonds is 3. The zero-order chi connectivity index (χ0) is 14.7. The summed E-state index contributed by atoms with van der Waals surface area (Å²) in [5.74, 6) is 0.410. The number of benzene rings is 1. The third-order valence-corrected chi connectivity index (χ3v) is 3.76. The largest absolute Gasteiger partial charge is 0.399 e. The topological polar surface area (TPSA) is 55.6 Å². The molecule has 1 unspecified atom stereocenters. The van der Waals surface area contributed by atoms with Crippen molar-refractivity contribution < 1.29 is 9.53 Å². The van der Waals surface area contributed by atoms with E-state index in [4.69, 9.17) is 10.5 Å². The zero-order valence-electron chi connectivity index (χ0n) is 12.5. The van der Waals surface area contributed by atoms with Gasteiger partial charge in [0, 0.05) is 25.2 Å². The van der Waals surface area contributed by atoms with Gasteiger partial charge in [-0.3, -0.25) is 4.79 Å². The van der Waals surface area contributed by atoms with Gasteiger partial charge in [0.15, 0.2) is 0 Å². The lowest BCUT2D eigenvalue weighted by Crippen LogP contribution is -2.48. The molecule has 0 aliphatic carbocycles. The number of ether oxygens (including phenoxy) is 1. The second kappa shape index (κ2) is 6.27. The third-order valence-electron chi connectivity index (χ3n) is 3.76. The van der Waals surface area contributed by atoms with Crippen LogP contribution in [0.1, 0.15) is 38.7 Å². The second-order valence-corrected chi connectivity index (χ2v) is 5.83. The fourth-order valence-corrected chi connectivity index (χ4v) is 2.71. The first kappa shape index (κ1) is 14.9. The van der Waals surface area contributed by atoms with Gasteiger partial charge in [0.2, 0.25) is 5.91 Å². The van der Waals surface area contributed by atoms with Crippen LogP contribution in [0.5, 0.6) is 0 Å². The molecule has 20 heavy (non-hydrogen) atoms. The molecule has 1 amide bonds. The highest BCUT2D eigenvalue weighted by Crippen LogP contribution is 2.22. The number of carbonyl (C=O) groups excluding carboxylic acids is 1. The molecule has 2 rings (SSSR count). The van der Waals surface area contributed by atoms with Crippen LogP contribution in [0.25, 0.3) is 0 Å². The van der Waals surface area contributed by atoms with Crippen molar-refractivity contribution >= 4 is 11.6 Å². The van der Waals surface area contributed by atoms with E-state index in [0.717, 1.165) is 11.3 Å². The van der Waals surface area contributed by atoms with E-state index in [1.807, 2.05) is 43.0 Å². The van der Waals surface area contributed by atoms with Gasteiger partial charge in [0.25, 0.3) is 0 Å². The molecule has 1 heterocycles. The first-order chi connectivity index (χ1) is 9.45. The van der Waals surface area contributed by atoms with Gasteiger partial charge in [-0.25, -0.2) is 0 Å². The SMILES string of the molecule is CC(CC(=O)N1C[C@@H](C)O[C@@H](C)C1)c1ccc(N)cc1. The highest BCUT2D eigenvalue weighted by molar-refractivity contribution is 5.77. The van der Waals surface area contributed by atoms with Gasteiger partial charge < -0.3 is 15.4 Å². The van der Waals surface area contributed by atoms with Crippen LogP contribution in [0.3, 0.4) is 0 Å². The molecule has 0 radical (unpaired) electrons. The molecule has 3 atom stereocenters. The Morgan fingerprint density at radius 1 is 1.30 bits per heavy atom. The first-order valence-electron chi connectivity index (χ1n) is 7.24. The summed E-state index contributed by atoms with van der Waals surface area (Å²) in [5, 5.41) is 0. The van der Waals surface area contributed by atoms with Gasteiger partial charge in [0.05, 0.1) is 12.2 Å². The monoisotopic (exact) mass is 276 g/mol. The predicted octanol–water partition coefficient (Wildman–Crippen LogP) is 2.40. The van der Waals surface area contributed by atoms with Gasteiger partial charge in [0.1, 0.15) is 0 Å². The summed E-state index contributed by atoms with van der Waals surface area (Å²) in [5.41, 5.74) is 7.59. The van der Waals surface area contributed by atoms with Crippen LogP contribution >= 0.6 is 0 Å². The summed E-state index contributed by atoms with van der Waals surface area (Å²) in [6.45, 7) is 7.49. The van der Waals surface area contributed by atoms with Crippen molar-refractivity contribution in [1.82, 2.24) is 4.90 Å². The molecule has 0 saturated carbocycles. The van der Waals surface area contributed by atoms with Crippen LogP contribution in [0.15, 0.2) is 24.3 Å². The zero-order valence-corrected chi connectivity index (χ0v) is 12.5. The minimum Gasteiger partial charge on any atom is -0.399 e. The average molecular weight is 276 g/mol. The lowest BCUT2D eigenvalue weighted by atomic mass is 9.96. The van der Waals surface area contributed by atoms with Crippen molar-refractivity contribution in [3.63, 3.8) is 0 Å². The summed E-state index contributed by atoms with van der Waals surface area (Å²) in [4.78, 5) is 14.3. The molecule has 1 saturated heterocycles. The van der Waals surface area contributed by atoms with Crippen LogP contribution in [0, 0.1) is 0 Å². The van der Waals surface area contributed by atoms with Crippen molar-refractivity contribution in [1.29, 1.82) is 0 Å². The maximum Gasteiger partial charge on any atom is 0.223 e. The summed E-state index contributed by atoms with van der Waals surface area (Å²) in [6.07, 6.45) is 0.771. The van der Waals surface area contributed by atoms with Crippen LogP contribution < -0.4 is 5.73 Å². The molecule has 0 bridgehead atoms. The van der Waals surface area contributed by atoms with Gasteiger partial charge in [-0.05, 0) is 37.5 Å². The minimum absolute atomic E-state index is 0.120. The van der Waals surface area contributed by atoms with Gasteiger partial charge in [-0.2, -0.15) is 0 Å². The number of nitrogens with zero attached hydrogens (tertiary/aromatic N) is 1. The van der Waals surface area contributed by atoms with Crippen molar-refractivity contribution in [2.24, 2.45) is 0 Å². The lowest BCUT2D eigenvalue weighted by Gasteiger charge is -2.35. The highest BCUT2D eigenvalue weighted by atomic mass is 16.5. The third kappa shape index (κ3) is 3.73. The molecular formula is C16H24N2O2. The van der Waals surface area contributed by atoms with E-state index in [-0.39, 0.29) is 24.0 Å². The Morgan fingerprint density at radius 2 is 1.85 bits per heavy atom. The number of nitrogen functional groups attached to an aromatic ring is 1. The average Bonchev–Trinajstić information content (AvgIpc) is 2.38. The molecule has 1 aromatic rings. The second-order valence-electron chi connectivity index (χ2n) is 5.83. The van der Waals surface area contributed by atoms with Crippen LogP contribution in [0.2, 0.25) is 0 Å². The van der Waals surface area contributed by atoms with Crippen LogP contribution in [0.4, 0.5) is 5.69 Å². The number of anilines is 1. The molecule has 1 aromatic carbocycles. The summed E-state index contributed by atoms with van der Waals surface area (Å²) < 4.78 is 5.66. The van der Waals surface area contributed by atoms with Gasteiger partial charge >= 0.3 is 0 Å². The smallest absolute Gasteiger partial charge is 0.223 e. The van der Waals surface area contributed by atoms with Crippen molar-refractivity contribution in [3.8, 4) is 0 Å². The molecule has 1 aliphatic heterocycles. The minimum atomic E-state index is 0.120. The maximum atomic E-state index is 12.4. The molecule has 0 aromatic heterocycles. The Bertz CT molecular complexity index is 448. The maximum absolute atomic E-state index is 12.4. The van der Waals surface area contributed by atoms with Crippen molar-refractivity contribution in [2.75, 3.05) is 18.8 Å². The van der Waals surface area contributed by atoms with E-state index in [2.05, 4.69) is 6.92 Å². The van der Waals surface area contributed by atoms with Crippen molar-refractivity contribution in [3.05, 3.63) is 29.8 Å². The molecule has 1 fully saturated rings. The number of morpholine rings is 1. The fourth-order valence-electron chi connectivity index (χ4n) is 2.71. The summed E-state index contributed by atoms with van der Waals surface area (Å²) in [6, 6.07) is 7.76.